The van der Waals surface area contributed by atoms with Gasteiger partial charge in [-0.25, -0.2) is 8.42 Å². The summed E-state index contributed by atoms with van der Waals surface area (Å²) >= 11 is 0. The van der Waals surface area contributed by atoms with E-state index in [-0.39, 0.29) is 24.1 Å². The van der Waals surface area contributed by atoms with Crippen molar-refractivity contribution < 1.29 is 13.5 Å². The molecule has 3 rings (SSSR count). The molecule has 0 aromatic rings. The Bertz CT molecular complexity index is 452. The Labute approximate surface area is 122 Å². The highest BCUT2D eigenvalue weighted by molar-refractivity contribution is 7.89. The highest BCUT2D eigenvalue weighted by atomic mass is 32.2. The molecule has 116 valence electrons. The van der Waals surface area contributed by atoms with Gasteiger partial charge in [0.2, 0.25) is 10.0 Å². The summed E-state index contributed by atoms with van der Waals surface area (Å²) < 4.78 is 27.4. The van der Waals surface area contributed by atoms with Crippen molar-refractivity contribution in [3.05, 3.63) is 0 Å². The van der Waals surface area contributed by atoms with Crippen molar-refractivity contribution in [1.82, 2.24) is 4.31 Å². The third kappa shape index (κ3) is 2.22. The molecule has 2 saturated heterocycles. The molecule has 2 heterocycles. The highest BCUT2D eigenvalue weighted by Crippen LogP contribution is 2.52. The lowest BCUT2D eigenvalue weighted by molar-refractivity contribution is 0.0848. The van der Waals surface area contributed by atoms with Crippen LogP contribution in [0.25, 0.3) is 0 Å². The molecule has 3 atom stereocenters. The second-order valence-electron chi connectivity index (χ2n) is 7.08. The van der Waals surface area contributed by atoms with Crippen LogP contribution in [-0.4, -0.2) is 42.3 Å². The van der Waals surface area contributed by atoms with Gasteiger partial charge in [0.15, 0.2) is 0 Å². The van der Waals surface area contributed by atoms with E-state index in [1.54, 1.807) is 0 Å². The number of sulfonamides is 1. The van der Waals surface area contributed by atoms with Gasteiger partial charge in [-0.3, -0.25) is 0 Å². The summed E-state index contributed by atoms with van der Waals surface area (Å²) in [4.78, 5) is 0. The molecule has 5 heteroatoms. The number of aliphatic hydroxyl groups excluding tert-OH is 1. The van der Waals surface area contributed by atoms with Gasteiger partial charge >= 0.3 is 0 Å². The second kappa shape index (κ2) is 5.25. The van der Waals surface area contributed by atoms with Crippen LogP contribution in [0.2, 0.25) is 0 Å². The van der Waals surface area contributed by atoms with E-state index >= 15 is 0 Å². The molecule has 1 N–H and O–H groups in total. The fourth-order valence-electron chi connectivity index (χ4n) is 4.88. The first-order valence-corrected chi connectivity index (χ1v) is 9.75. The van der Waals surface area contributed by atoms with Gasteiger partial charge in [0.1, 0.15) is 0 Å². The topological polar surface area (TPSA) is 57.6 Å². The van der Waals surface area contributed by atoms with Crippen molar-refractivity contribution in [2.24, 2.45) is 11.3 Å². The molecular formula is C15H27NO3S. The Kier molecular flexibility index (Phi) is 3.89. The summed E-state index contributed by atoms with van der Waals surface area (Å²) in [5.41, 5.74) is -0.175. The minimum absolute atomic E-state index is 0.0499. The molecular weight excluding hydrogens is 274 g/mol. The largest absolute Gasteiger partial charge is 0.396 e. The third-order valence-corrected chi connectivity index (χ3v) is 8.14. The Balaban J connectivity index is 1.80. The number of rotatable bonds is 5. The van der Waals surface area contributed by atoms with Crippen molar-refractivity contribution >= 4 is 10.0 Å². The first-order valence-electron chi connectivity index (χ1n) is 8.14. The maximum absolute atomic E-state index is 12.8. The molecule has 3 fully saturated rings. The number of aliphatic hydroxyl groups is 1. The van der Waals surface area contributed by atoms with Crippen LogP contribution in [0.4, 0.5) is 0 Å². The van der Waals surface area contributed by atoms with Gasteiger partial charge < -0.3 is 5.11 Å². The van der Waals surface area contributed by atoms with Gasteiger partial charge in [-0.15, -0.1) is 0 Å². The molecule has 0 radical (unpaired) electrons. The highest BCUT2D eigenvalue weighted by Gasteiger charge is 2.58. The third-order valence-electron chi connectivity index (χ3n) is 6.05. The number of fused-ring (bicyclic) bond motifs is 2. The van der Waals surface area contributed by atoms with E-state index in [0.717, 1.165) is 38.5 Å². The zero-order valence-corrected chi connectivity index (χ0v) is 13.2. The average molecular weight is 301 g/mol. The summed E-state index contributed by atoms with van der Waals surface area (Å²) in [6.45, 7) is 2.21. The zero-order valence-electron chi connectivity index (χ0n) is 12.4. The van der Waals surface area contributed by atoms with Crippen molar-refractivity contribution in [2.75, 3.05) is 12.4 Å². The molecule has 1 aliphatic carbocycles. The van der Waals surface area contributed by atoms with Gasteiger partial charge in [-0.1, -0.05) is 19.8 Å². The van der Waals surface area contributed by atoms with Crippen molar-refractivity contribution in [1.29, 1.82) is 0 Å². The molecule has 20 heavy (non-hydrogen) atoms. The molecule has 2 aliphatic heterocycles. The Morgan fingerprint density at radius 2 is 1.90 bits per heavy atom. The minimum Gasteiger partial charge on any atom is -0.396 e. The molecule has 3 aliphatic rings. The molecule has 0 aromatic carbocycles. The normalized spacial score (nSPS) is 38.9. The van der Waals surface area contributed by atoms with Crippen LogP contribution < -0.4 is 0 Å². The second-order valence-corrected chi connectivity index (χ2v) is 9.00. The summed E-state index contributed by atoms with van der Waals surface area (Å²) in [6.07, 6.45) is 8.15. The molecule has 1 saturated carbocycles. The van der Waals surface area contributed by atoms with Gasteiger partial charge in [0.25, 0.3) is 0 Å². The lowest BCUT2D eigenvalue weighted by Gasteiger charge is -2.34. The fraction of sp³-hybridized carbons (Fsp3) is 1.00. The van der Waals surface area contributed by atoms with Crippen molar-refractivity contribution in [3.63, 3.8) is 0 Å². The summed E-state index contributed by atoms with van der Waals surface area (Å²) in [6, 6.07) is 0.201. The Hall–Kier alpha value is -0.130. The predicted molar refractivity (Wildman–Crippen MR) is 78.8 cm³/mol. The Morgan fingerprint density at radius 3 is 2.45 bits per heavy atom. The standard InChI is InChI=1S/C15H27NO3S/c1-2-15(11-17)9-13-7-8-14(15)16(13)20(18,19)10-12-5-3-4-6-12/h12-14,17H,2-11H2,1H3/t13-,14+,15-/m0/s1. The number of hydrogen-bond donors (Lipinski definition) is 1. The van der Waals surface area contributed by atoms with E-state index in [2.05, 4.69) is 6.92 Å². The first kappa shape index (κ1) is 14.8. The van der Waals surface area contributed by atoms with E-state index in [0.29, 0.717) is 11.7 Å². The van der Waals surface area contributed by atoms with Gasteiger partial charge in [-0.2, -0.15) is 4.31 Å². The molecule has 4 nitrogen and oxygen atoms in total. The van der Waals surface area contributed by atoms with Crippen molar-refractivity contribution in [3.8, 4) is 0 Å². The maximum atomic E-state index is 12.8. The quantitative estimate of drug-likeness (QED) is 0.846. The minimum atomic E-state index is -3.15. The van der Waals surface area contributed by atoms with Crippen LogP contribution in [0.1, 0.15) is 58.3 Å². The Morgan fingerprint density at radius 1 is 1.20 bits per heavy atom. The van der Waals surface area contributed by atoms with E-state index in [4.69, 9.17) is 0 Å². The van der Waals surface area contributed by atoms with Gasteiger partial charge in [0, 0.05) is 17.5 Å². The fourth-order valence-corrected chi connectivity index (χ4v) is 7.33. The lowest BCUT2D eigenvalue weighted by atomic mass is 9.72. The van der Waals surface area contributed by atoms with Crippen LogP contribution in [0.3, 0.4) is 0 Å². The molecule has 0 aromatic heterocycles. The van der Waals surface area contributed by atoms with E-state index in [1.807, 2.05) is 4.31 Å². The van der Waals surface area contributed by atoms with Crippen LogP contribution in [0.5, 0.6) is 0 Å². The summed E-state index contributed by atoms with van der Waals surface area (Å²) in [7, 11) is -3.15. The van der Waals surface area contributed by atoms with Crippen LogP contribution in [0.15, 0.2) is 0 Å². The maximum Gasteiger partial charge on any atom is 0.214 e. The SMILES string of the molecule is CC[C@@]1(CO)C[C@@H]2CC[C@H]1N2S(=O)(=O)CC1CCCC1. The lowest BCUT2D eigenvalue weighted by Crippen LogP contribution is -2.43. The monoisotopic (exact) mass is 301 g/mol. The summed E-state index contributed by atoms with van der Waals surface area (Å²) in [5.74, 6) is 0.704. The first-order chi connectivity index (χ1) is 9.52. The molecule has 0 spiro atoms. The smallest absolute Gasteiger partial charge is 0.214 e. The van der Waals surface area contributed by atoms with Crippen LogP contribution in [0, 0.1) is 11.3 Å². The zero-order chi connectivity index (χ0) is 14.4. The summed E-state index contributed by atoms with van der Waals surface area (Å²) in [5, 5.41) is 9.78. The van der Waals surface area contributed by atoms with E-state index < -0.39 is 10.0 Å². The molecule has 0 amide bonds. The van der Waals surface area contributed by atoms with Gasteiger partial charge in [-0.05, 0) is 44.4 Å². The van der Waals surface area contributed by atoms with E-state index in [1.165, 1.54) is 12.8 Å². The predicted octanol–water partition coefficient (Wildman–Crippen LogP) is 2.13. The van der Waals surface area contributed by atoms with Crippen LogP contribution >= 0.6 is 0 Å². The number of hydrogen-bond acceptors (Lipinski definition) is 3. The van der Waals surface area contributed by atoms with Crippen molar-refractivity contribution in [2.45, 2.75) is 70.4 Å². The van der Waals surface area contributed by atoms with E-state index in [9.17, 15) is 13.5 Å². The molecule has 2 bridgehead atoms. The van der Waals surface area contributed by atoms with Gasteiger partial charge in [0.05, 0.1) is 12.4 Å². The van der Waals surface area contributed by atoms with Crippen LogP contribution in [-0.2, 0) is 10.0 Å². The number of nitrogens with zero attached hydrogens (tertiary/aromatic N) is 1. The average Bonchev–Trinajstić information content (AvgIpc) is 3.12. The molecule has 0 unspecified atom stereocenters.